The molecule has 1 aliphatic rings. The molecule has 2 nitrogen and oxygen atoms in total. The molecule has 3 rings (SSSR count). The second-order valence-electron chi connectivity index (χ2n) is 7.73. The Morgan fingerprint density at radius 3 is 2.14 bits per heavy atom. The third kappa shape index (κ3) is 3.91. The predicted molar refractivity (Wildman–Crippen MR) is 109 cm³/mol. The molecule has 2 aromatic carbocycles. The Hall–Kier alpha value is -1.24. The summed E-state index contributed by atoms with van der Waals surface area (Å²) in [5.74, 6) is 0. The molecule has 0 saturated heterocycles. The molecule has 8 heteroatoms. The van der Waals surface area contributed by atoms with Gasteiger partial charge < -0.3 is 4.84 Å². The standard InChI is InChI=1S/C20H17BrCl2F3NO/c1-18(2,3)15-5-4-12(8-16(15)21)19(20(24,25)26)10-17(27-28-19)11-6-13(22)9-14(23)7-11/h4-9H,10H2,1-3H3. The normalized spacial score (nSPS) is 20.1. The Morgan fingerprint density at radius 1 is 1.04 bits per heavy atom. The molecule has 0 fully saturated rings. The van der Waals surface area contributed by atoms with E-state index in [0.29, 0.717) is 20.1 Å². The fraction of sp³-hybridized carbons (Fsp3) is 0.350. The van der Waals surface area contributed by atoms with E-state index in [-0.39, 0.29) is 16.7 Å². The summed E-state index contributed by atoms with van der Waals surface area (Å²) in [5.41, 5.74) is -1.39. The molecule has 0 amide bonds. The number of rotatable bonds is 2. The maximum atomic E-state index is 14.1. The van der Waals surface area contributed by atoms with Crippen LogP contribution in [0.1, 0.15) is 43.9 Å². The van der Waals surface area contributed by atoms with Gasteiger partial charge in [0.05, 0.1) is 5.71 Å². The minimum atomic E-state index is -4.68. The highest BCUT2D eigenvalue weighted by molar-refractivity contribution is 9.10. The van der Waals surface area contributed by atoms with E-state index in [1.807, 2.05) is 20.8 Å². The van der Waals surface area contributed by atoms with Crippen LogP contribution in [0.4, 0.5) is 13.2 Å². The van der Waals surface area contributed by atoms with Crippen LogP contribution < -0.4 is 0 Å². The van der Waals surface area contributed by atoms with Crippen LogP contribution in [0, 0.1) is 0 Å². The van der Waals surface area contributed by atoms with Crippen LogP contribution in [0.3, 0.4) is 0 Å². The van der Waals surface area contributed by atoms with Gasteiger partial charge in [0.25, 0.3) is 5.60 Å². The zero-order valence-electron chi connectivity index (χ0n) is 15.3. The topological polar surface area (TPSA) is 21.6 Å². The lowest BCUT2D eigenvalue weighted by Gasteiger charge is -2.30. The summed E-state index contributed by atoms with van der Waals surface area (Å²) < 4.78 is 43.0. The number of oxime groups is 1. The van der Waals surface area contributed by atoms with E-state index in [1.54, 1.807) is 6.07 Å². The number of alkyl halides is 3. The fourth-order valence-corrected chi connectivity index (χ4v) is 4.65. The molecule has 0 N–H and O–H groups in total. The van der Waals surface area contributed by atoms with Crippen molar-refractivity contribution in [1.82, 2.24) is 0 Å². The summed E-state index contributed by atoms with van der Waals surface area (Å²) in [4.78, 5) is 5.07. The maximum absolute atomic E-state index is 14.1. The van der Waals surface area contributed by atoms with Gasteiger partial charge in [-0.05, 0) is 35.2 Å². The summed E-state index contributed by atoms with van der Waals surface area (Å²) in [6, 6.07) is 9.12. The Kier molecular flexibility index (Phi) is 5.54. The van der Waals surface area contributed by atoms with Crippen LogP contribution >= 0.6 is 39.1 Å². The first kappa shape index (κ1) is 21.5. The first-order valence-electron chi connectivity index (χ1n) is 8.42. The lowest BCUT2D eigenvalue weighted by molar-refractivity contribution is -0.275. The molecule has 0 radical (unpaired) electrons. The van der Waals surface area contributed by atoms with Crippen LogP contribution in [-0.4, -0.2) is 11.9 Å². The van der Waals surface area contributed by atoms with Crippen molar-refractivity contribution >= 4 is 44.8 Å². The second kappa shape index (κ2) is 7.22. The molecule has 150 valence electrons. The van der Waals surface area contributed by atoms with Gasteiger partial charge in [-0.25, -0.2) is 0 Å². The van der Waals surface area contributed by atoms with Crippen molar-refractivity contribution in [3.63, 3.8) is 0 Å². The lowest BCUT2D eigenvalue weighted by Crippen LogP contribution is -2.42. The Labute approximate surface area is 179 Å². The molecule has 0 aliphatic carbocycles. The van der Waals surface area contributed by atoms with Crippen molar-refractivity contribution in [3.05, 3.63) is 67.6 Å². The molecule has 1 aliphatic heterocycles. The quantitative estimate of drug-likeness (QED) is 0.420. The summed E-state index contributed by atoms with van der Waals surface area (Å²) >= 11 is 15.4. The molecule has 28 heavy (non-hydrogen) atoms. The van der Waals surface area contributed by atoms with Gasteiger partial charge in [-0.1, -0.05) is 77.2 Å². The van der Waals surface area contributed by atoms with Gasteiger partial charge in [-0.15, -0.1) is 0 Å². The maximum Gasteiger partial charge on any atom is 0.435 e. The van der Waals surface area contributed by atoms with Crippen molar-refractivity contribution in [2.75, 3.05) is 0 Å². The van der Waals surface area contributed by atoms with Gasteiger partial charge in [0, 0.05) is 32.1 Å². The molecule has 0 saturated carbocycles. The third-order valence-electron chi connectivity index (χ3n) is 4.63. The van der Waals surface area contributed by atoms with Crippen molar-refractivity contribution in [2.24, 2.45) is 5.16 Å². The highest BCUT2D eigenvalue weighted by Crippen LogP contribution is 2.50. The molecular weight excluding hydrogens is 478 g/mol. The van der Waals surface area contributed by atoms with Crippen LogP contribution in [0.25, 0.3) is 0 Å². The average molecular weight is 495 g/mol. The average Bonchev–Trinajstić information content (AvgIpc) is 2.99. The first-order chi connectivity index (χ1) is 12.8. The van der Waals surface area contributed by atoms with Crippen molar-refractivity contribution < 1.29 is 18.0 Å². The van der Waals surface area contributed by atoms with E-state index in [2.05, 4.69) is 21.1 Å². The number of benzene rings is 2. The van der Waals surface area contributed by atoms with E-state index in [0.717, 1.165) is 5.56 Å². The third-order valence-corrected chi connectivity index (χ3v) is 5.72. The zero-order valence-corrected chi connectivity index (χ0v) is 18.4. The molecule has 2 aromatic rings. The van der Waals surface area contributed by atoms with Gasteiger partial charge in [0.2, 0.25) is 0 Å². The molecule has 1 atom stereocenters. The number of halogens is 6. The van der Waals surface area contributed by atoms with E-state index in [9.17, 15) is 13.2 Å². The van der Waals surface area contributed by atoms with Crippen LogP contribution in [0.5, 0.6) is 0 Å². The van der Waals surface area contributed by atoms with Gasteiger partial charge in [-0.3, -0.25) is 0 Å². The molecule has 1 heterocycles. The van der Waals surface area contributed by atoms with Gasteiger partial charge in [0.15, 0.2) is 0 Å². The SMILES string of the molecule is CC(C)(C)c1ccc(C2(C(F)(F)F)CC(c3cc(Cl)cc(Cl)c3)=NO2)cc1Br. The Bertz CT molecular complexity index is 933. The summed E-state index contributed by atoms with van der Waals surface area (Å²) in [6.45, 7) is 5.97. The predicted octanol–water partition coefficient (Wildman–Crippen LogP) is 7.64. The van der Waals surface area contributed by atoms with Gasteiger partial charge in [-0.2, -0.15) is 13.2 Å². The largest absolute Gasteiger partial charge is 0.435 e. The van der Waals surface area contributed by atoms with E-state index >= 15 is 0 Å². The number of hydrogen-bond acceptors (Lipinski definition) is 2. The van der Waals surface area contributed by atoms with Gasteiger partial charge in [0.1, 0.15) is 0 Å². The monoisotopic (exact) mass is 493 g/mol. The Morgan fingerprint density at radius 2 is 1.64 bits per heavy atom. The molecular formula is C20H17BrCl2F3NO. The molecule has 1 unspecified atom stereocenters. The summed E-state index contributed by atoms with van der Waals surface area (Å²) in [5, 5.41) is 4.37. The van der Waals surface area contributed by atoms with Crippen LogP contribution in [0.15, 0.2) is 46.0 Å². The second-order valence-corrected chi connectivity index (χ2v) is 9.46. The van der Waals surface area contributed by atoms with Crippen LogP contribution in [0.2, 0.25) is 10.0 Å². The minimum absolute atomic E-state index is 0.0215. The van der Waals surface area contributed by atoms with Gasteiger partial charge >= 0.3 is 6.18 Å². The number of hydrogen-bond donors (Lipinski definition) is 0. The smallest absolute Gasteiger partial charge is 0.374 e. The van der Waals surface area contributed by atoms with E-state index in [4.69, 9.17) is 28.0 Å². The number of nitrogens with zero attached hydrogens (tertiary/aromatic N) is 1. The van der Waals surface area contributed by atoms with Crippen molar-refractivity contribution in [3.8, 4) is 0 Å². The summed E-state index contributed by atoms with van der Waals surface area (Å²) in [7, 11) is 0. The molecule has 0 bridgehead atoms. The van der Waals surface area contributed by atoms with Crippen molar-refractivity contribution in [2.45, 2.75) is 44.4 Å². The van der Waals surface area contributed by atoms with E-state index in [1.165, 1.54) is 30.3 Å². The van der Waals surface area contributed by atoms with Crippen LogP contribution in [-0.2, 0) is 15.9 Å². The molecule has 0 aromatic heterocycles. The molecule has 0 spiro atoms. The minimum Gasteiger partial charge on any atom is -0.374 e. The summed E-state index contributed by atoms with van der Waals surface area (Å²) in [6.07, 6.45) is -5.15. The highest BCUT2D eigenvalue weighted by Gasteiger charge is 2.62. The highest BCUT2D eigenvalue weighted by atomic mass is 79.9. The zero-order chi connectivity index (χ0) is 20.9. The Balaban J connectivity index is 2.05. The first-order valence-corrected chi connectivity index (χ1v) is 9.97. The van der Waals surface area contributed by atoms with E-state index < -0.39 is 18.2 Å². The fourth-order valence-electron chi connectivity index (χ4n) is 3.15. The lowest BCUT2D eigenvalue weighted by atomic mass is 9.82. The van der Waals surface area contributed by atoms with Crippen molar-refractivity contribution in [1.29, 1.82) is 0 Å².